The Morgan fingerprint density at radius 3 is 1.54 bits per heavy atom. The molecule has 298 valence electrons. The molecule has 0 fully saturated rings. The summed E-state index contributed by atoms with van der Waals surface area (Å²) in [6.07, 6.45) is 45.2. The summed E-state index contributed by atoms with van der Waals surface area (Å²) in [7, 11) is -4.39. The maximum Gasteiger partial charge on any atom is 0.472 e. The van der Waals surface area contributed by atoms with Gasteiger partial charge in [0, 0.05) is 19.4 Å². The average molecular weight is 750 g/mol. The summed E-state index contributed by atoms with van der Waals surface area (Å²) in [6, 6.07) is 0. The smallest absolute Gasteiger partial charge is 0.462 e. The van der Waals surface area contributed by atoms with Crippen LogP contribution in [0.3, 0.4) is 0 Å². The standard InChI is InChI=1S/C42H72NO8P/c1-3-5-7-9-11-13-15-17-18-19-20-21-22-23-25-27-29-31-33-35-42(45)51-40(39-50-52(46,47)49-37-36-43)38-48-41(44)34-32-30-28-26-24-16-14-12-10-8-6-4-2/h5,7,11,13,17-18,20-21,23,25,29,31,40H,3-4,6,8-10,12,14-16,19,22,24,26-28,30,32-39,43H2,1-2H3,(H,46,47). The van der Waals surface area contributed by atoms with E-state index in [2.05, 4.69) is 74.6 Å². The van der Waals surface area contributed by atoms with E-state index in [-0.39, 0.29) is 32.6 Å². The van der Waals surface area contributed by atoms with Crippen LogP contribution in [-0.4, -0.2) is 49.3 Å². The largest absolute Gasteiger partial charge is 0.472 e. The number of rotatable bonds is 36. The number of hydrogen-bond acceptors (Lipinski definition) is 8. The first-order valence-electron chi connectivity index (χ1n) is 19.9. The SMILES string of the molecule is CCC=CCC=CCC=CCC=CCC=CCC=CCCC(=O)OC(COC(=O)CCCCCCCCCCCCCC)COP(=O)(O)OCCN. The van der Waals surface area contributed by atoms with E-state index < -0.39 is 32.5 Å². The minimum Gasteiger partial charge on any atom is -0.462 e. The highest BCUT2D eigenvalue weighted by atomic mass is 31.2. The van der Waals surface area contributed by atoms with Gasteiger partial charge in [0.05, 0.1) is 13.2 Å². The molecular formula is C42H72NO8P. The second-order valence-corrected chi connectivity index (χ2v) is 14.2. The van der Waals surface area contributed by atoms with Crippen molar-refractivity contribution in [2.75, 3.05) is 26.4 Å². The van der Waals surface area contributed by atoms with Crippen molar-refractivity contribution in [3.8, 4) is 0 Å². The molecule has 0 aromatic carbocycles. The Kier molecular flexibility index (Phi) is 36.3. The van der Waals surface area contributed by atoms with Crippen LogP contribution in [0.5, 0.6) is 0 Å². The molecule has 2 unspecified atom stereocenters. The number of nitrogens with two attached hydrogens (primary N) is 1. The van der Waals surface area contributed by atoms with Gasteiger partial charge >= 0.3 is 19.8 Å². The zero-order chi connectivity index (χ0) is 38.2. The van der Waals surface area contributed by atoms with Crippen molar-refractivity contribution >= 4 is 19.8 Å². The molecule has 0 amide bonds. The maximum atomic E-state index is 12.5. The summed E-state index contributed by atoms with van der Waals surface area (Å²) >= 11 is 0. The Balaban J connectivity index is 4.35. The topological polar surface area (TPSA) is 134 Å². The van der Waals surface area contributed by atoms with Crippen molar-refractivity contribution in [1.29, 1.82) is 0 Å². The van der Waals surface area contributed by atoms with Crippen LogP contribution in [-0.2, 0) is 32.7 Å². The Labute approximate surface area is 316 Å². The molecule has 0 bridgehead atoms. The van der Waals surface area contributed by atoms with E-state index in [0.717, 1.165) is 57.8 Å². The summed E-state index contributed by atoms with van der Waals surface area (Å²) in [6.45, 7) is 3.50. The minimum absolute atomic E-state index is 0.0393. The average Bonchev–Trinajstić information content (AvgIpc) is 3.13. The zero-order valence-electron chi connectivity index (χ0n) is 32.5. The fraction of sp³-hybridized carbons (Fsp3) is 0.667. The molecule has 52 heavy (non-hydrogen) atoms. The van der Waals surface area contributed by atoms with Gasteiger partial charge in [-0.05, 0) is 51.4 Å². The van der Waals surface area contributed by atoms with Gasteiger partial charge in [-0.3, -0.25) is 18.6 Å². The summed E-state index contributed by atoms with van der Waals surface area (Å²) in [5.41, 5.74) is 5.33. The lowest BCUT2D eigenvalue weighted by molar-refractivity contribution is -0.161. The minimum atomic E-state index is -4.39. The van der Waals surface area contributed by atoms with E-state index >= 15 is 0 Å². The number of unbranched alkanes of at least 4 members (excludes halogenated alkanes) is 11. The Bertz CT molecular complexity index is 1080. The van der Waals surface area contributed by atoms with Crippen LogP contribution < -0.4 is 5.73 Å². The normalized spacial score (nSPS) is 14.2. The molecule has 0 aliphatic carbocycles. The molecule has 9 nitrogen and oxygen atoms in total. The predicted molar refractivity (Wildman–Crippen MR) is 215 cm³/mol. The van der Waals surface area contributed by atoms with Gasteiger partial charge in [0.1, 0.15) is 6.61 Å². The van der Waals surface area contributed by atoms with Gasteiger partial charge in [0.15, 0.2) is 6.10 Å². The van der Waals surface area contributed by atoms with Crippen molar-refractivity contribution < 1.29 is 37.6 Å². The summed E-state index contributed by atoms with van der Waals surface area (Å²) in [5, 5.41) is 0. The van der Waals surface area contributed by atoms with Crippen molar-refractivity contribution in [3.05, 3.63) is 72.9 Å². The number of phosphoric acid groups is 1. The molecule has 0 saturated carbocycles. The summed E-state index contributed by atoms with van der Waals surface area (Å²) in [4.78, 5) is 34.7. The van der Waals surface area contributed by atoms with Crippen LogP contribution in [0.15, 0.2) is 72.9 Å². The lowest BCUT2D eigenvalue weighted by atomic mass is 10.0. The third-order valence-electron chi connectivity index (χ3n) is 7.87. The number of phosphoric ester groups is 1. The van der Waals surface area contributed by atoms with Gasteiger partial charge in [-0.1, -0.05) is 157 Å². The first kappa shape index (κ1) is 49.5. The van der Waals surface area contributed by atoms with Crippen LogP contribution >= 0.6 is 7.82 Å². The third-order valence-corrected chi connectivity index (χ3v) is 8.85. The number of esters is 2. The van der Waals surface area contributed by atoms with Crippen molar-refractivity contribution in [3.63, 3.8) is 0 Å². The second-order valence-electron chi connectivity index (χ2n) is 12.8. The van der Waals surface area contributed by atoms with Crippen molar-refractivity contribution in [1.82, 2.24) is 0 Å². The molecular weight excluding hydrogens is 677 g/mol. The van der Waals surface area contributed by atoms with E-state index in [1.165, 1.54) is 57.8 Å². The summed E-state index contributed by atoms with van der Waals surface area (Å²) < 4.78 is 32.6. The van der Waals surface area contributed by atoms with Crippen LogP contribution in [0.25, 0.3) is 0 Å². The zero-order valence-corrected chi connectivity index (χ0v) is 33.4. The lowest BCUT2D eigenvalue weighted by Crippen LogP contribution is -2.29. The number of carbonyl (C=O) groups excluding carboxylic acids is 2. The molecule has 0 aromatic rings. The molecule has 0 aliphatic rings. The monoisotopic (exact) mass is 749 g/mol. The number of hydrogen-bond donors (Lipinski definition) is 2. The van der Waals surface area contributed by atoms with Gasteiger partial charge < -0.3 is 20.1 Å². The second kappa shape index (κ2) is 38.2. The first-order chi connectivity index (χ1) is 25.3. The van der Waals surface area contributed by atoms with E-state index in [1.807, 2.05) is 12.2 Å². The number of carbonyl (C=O) groups is 2. The number of allylic oxidation sites excluding steroid dienone is 12. The molecule has 0 radical (unpaired) electrons. The van der Waals surface area contributed by atoms with Gasteiger partial charge in [0.25, 0.3) is 0 Å². The Hall–Kier alpha value is -2.55. The van der Waals surface area contributed by atoms with Gasteiger partial charge in [-0.25, -0.2) is 4.57 Å². The van der Waals surface area contributed by atoms with Crippen LogP contribution in [0.2, 0.25) is 0 Å². The molecule has 2 atom stereocenters. The van der Waals surface area contributed by atoms with Crippen molar-refractivity contribution in [2.45, 2.75) is 155 Å². The predicted octanol–water partition coefficient (Wildman–Crippen LogP) is 11.1. The van der Waals surface area contributed by atoms with E-state index in [1.54, 1.807) is 0 Å². The Morgan fingerprint density at radius 1 is 0.596 bits per heavy atom. The van der Waals surface area contributed by atoms with Crippen LogP contribution in [0.1, 0.15) is 149 Å². The van der Waals surface area contributed by atoms with Crippen molar-refractivity contribution in [2.24, 2.45) is 5.73 Å². The third kappa shape index (κ3) is 37.2. The lowest BCUT2D eigenvalue weighted by Gasteiger charge is -2.19. The fourth-order valence-corrected chi connectivity index (χ4v) is 5.72. The Morgan fingerprint density at radius 2 is 1.06 bits per heavy atom. The van der Waals surface area contributed by atoms with Crippen LogP contribution in [0.4, 0.5) is 0 Å². The molecule has 0 spiro atoms. The molecule has 0 aromatic heterocycles. The first-order valence-corrected chi connectivity index (χ1v) is 21.4. The highest BCUT2D eigenvalue weighted by Crippen LogP contribution is 2.43. The van der Waals surface area contributed by atoms with E-state index in [9.17, 15) is 19.0 Å². The molecule has 0 rings (SSSR count). The summed E-state index contributed by atoms with van der Waals surface area (Å²) in [5.74, 6) is -0.932. The fourth-order valence-electron chi connectivity index (χ4n) is 4.95. The molecule has 0 heterocycles. The van der Waals surface area contributed by atoms with E-state index in [0.29, 0.717) is 6.42 Å². The van der Waals surface area contributed by atoms with Gasteiger partial charge in [0.2, 0.25) is 0 Å². The molecule has 3 N–H and O–H groups in total. The molecule has 0 aliphatic heterocycles. The molecule has 10 heteroatoms. The quantitative estimate of drug-likeness (QED) is 0.0278. The number of ether oxygens (including phenoxy) is 2. The van der Waals surface area contributed by atoms with Gasteiger partial charge in [-0.2, -0.15) is 0 Å². The van der Waals surface area contributed by atoms with Gasteiger partial charge in [-0.15, -0.1) is 0 Å². The molecule has 0 saturated heterocycles. The van der Waals surface area contributed by atoms with E-state index in [4.69, 9.17) is 24.3 Å². The highest BCUT2D eigenvalue weighted by molar-refractivity contribution is 7.47. The highest BCUT2D eigenvalue weighted by Gasteiger charge is 2.25. The van der Waals surface area contributed by atoms with Crippen LogP contribution in [0, 0.1) is 0 Å². The maximum absolute atomic E-state index is 12.5.